The second-order valence-corrected chi connectivity index (χ2v) is 8.22. The number of rotatable bonds is 6. The highest BCUT2D eigenvalue weighted by molar-refractivity contribution is 8.01. The van der Waals surface area contributed by atoms with Gasteiger partial charge in [0.2, 0.25) is 5.13 Å². The van der Waals surface area contributed by atoms with Crippen LogP contribution in [0.15, 0.2) is 34.0 Å². The minimum absolute atomic E-state index is 0.311. The van der Waals surface area contributed by atoms with Gasteiger partial charge in [-0.25, -0.2) is 4.98 Å². The van der Waals surface area contributed by atoms with E-state index in [1.165, 1.54) is 22.7 Å². The molecular weight excluding hydrogens is 386 g/mol. The molecule has 0 aliphatic heterocycles. The highest BCUT2D eigenvalue weighted by atomic mass is 35.5. The summed E-state index contributed by atoms with van der Waals surface area (Å²) in [6.45, 7) is 2.04. The first-order valence-electron chi connectivity index (χ1n) is 6.90. The lowest BCUT2D eigenvalue weighted by Crippen LogP contribution is -2.12. The first-order valence-corrected chi connectivity index (χ1v) is 9.96. The number of aromatic nitrogens is 3. The summed E-state index contributed by atoms with van der Waals surface area (Å²) >= 11 is 10.2. The summed E-state index contributed by atoms with van der Waals surface area (Å²) < 4.78 is 0.828. The maximum Gasteiger partial charge on any atom is 0.277 e. The molecule has 10 heteroatoms. The van der Waals surface area contributed by atoms with Gasteiger partial charge in [0.25, 0.3) is 5.91 Å². The van der Waals surface area contributed by atoms with Crippen LogP contribution in [0.3, 0.4) is 0 Å². The van der Waals surface area contributed by atoms with Gasteiger partial charge >= 0.3 is 0 Å². The van der Waals surface area contributed by atoms with Crippen LogP contribution in [-0.2, 0) is 0 Å². The maximum absolute atomic E-state index is 12.2. The molecule has 1 aromatic carbocycles. The van der Waals surface area contributed by atoms with E-state index in [9.17, 15) is 4.79 Å². The summed E-state index contributed by atoms with van der Waals surface area (Å²) in [5, 5.41) is 17.2. The fourth-order valence-electron chi connectivity index (χ4n) is 1.73. The van der Waals surface area contributed by atoms with E-state index in [1.807, 2.05) is 19.1 Å². The Morgan fingerprint density at radius 1 is 1.33 bits per heavy atom. The number of carbonyl (C=O) groups excluding carboxylic acids is 1. The van der Waals surface area contributed by atoms with Crippen LogP contribution in [0.2, 0.25) is 5.02 Å². The van der Waals surface area contributed by atoms with Crippen molar-refractivity contribution in [3.63, 3.8) is 0 Å². The van der Waals surface area contributed by atoms with Crippen molar-refractivity contribution in [2.24, 2.45) is 0 Å². The Morgan fingerprint density at radius 2 is 2.21 bits per heavy atom. The molecule has 0 spiro atoms. The van der Waals surface area contributed by atoms with Crippen molar-refractivity contribution in [2.45, 2.75) is 11.3 Å². The molecule has 3 rings (SSSR count). The number of nitrogens with zero attached hydrogens (tertiary/aromatic N) is 3. The summed E-state index contributed by atoms with van der Waals surface area (Å²) in [7, 11) is 0. The average molecular weight is 398 g/mol. The molecule has 2 N–H and O–H groups in total. The molecule has 1 amide bonds. The van der Waals surface area contributed by atoms with E-state index in [0.717, 1.165) is 15.8 Å². The number of halogens is 1. The van der Waals surface area contributed by atoms with Crippen LogP contribution in [0.5, 0.6) is 0 Å². The number of amides is 1. The first kappa shape index (κ1) is 17.2. The van der Waals surface area contributed by atoms with Crippen LogP contribution in [0, 0.1) is 0 Å². The maximum atomic E-state index is 12.2. The van der Waals surface area contributed by atoms with Crippen molar-refractivity contribution >= 4 is 67.9 Å². The van der Waals surface area contributed by atoms with Crippen molar-refractivity contribution in [1.82, 2.24) is 15.2 Å². The standard InChI is InChI=1S/C14H12ClN5OS3/c1-2-22-14-20-19-13(24-14)18-11(21)10-7-23-12(17-10)16-9-5-3-4-8(15)6-9/h3-7H,2H2,1H3,(H,16,17)(H,18,19,21). The molecular formula is C14H12ClN5OS3. The van der Waals surface area contributed by atoms with Crippen LogP contribution < -0.4 is 10.6 Å². The lowest BCUT2D eigenvalue weighted by Gasteiger charge is -2.02. The molecule has 0 aliphatic rings. The Labute approximate surface area is 155 Å². The fraction of sp³-hybridized carbons (Fsp3) is 0.143. The van der Waals surface area contributed by atoms with Gasteiger partial charge in [0.15, 0.2) is 9.47 Å². The zero-order valence-corrected chi connectivity index (χ0v) is 15.7. The van der Waals surface area contributed by atoms with Crippen molar-refractivity contribution in [3.8, 4) is 0 Å². The monoisotopic (exact) mass is 397 g/mol. The topological polar surface area (TPSA) is 79.8 Å². The molecule has 0 unspecified atom stereocenters. The van der Waals surface area contributed by atoms with Crippen molar-refractivity contribution in [1.29, 1.82) is 0 Å². The minimum atomic E-state index is -0.311. The molecule has 0 aliphatic carbocycles. The van der Waals surface area contributed by atoms with Gasteiger partial charge in [-0.3, -0.25) is 10.1 Å². The molecule has 0 fully saturated rings. The minimum Gasteiger partial charge on any atom is -0.331 e. The third-order valence-electron chi connectivity index (χ3n) is 2.71. The number of thiazole rings is 1. The van der Waals surface area contributed by atoms with Crippen LogP contribution in [0.25, 0.3) is 0 Å². The van der Waals surface area contributed by atoms with Gasteiger partial charge in [-0.1, -0.05) is 47.7 Å². The van der Waals surface area contributed by atoms with E-state index in [1.54, 1.807) is 29.3 Å². The Morgan fingerprint density at radius 3 is 3.00 bits per heavy atom. The highest BCUT2D eigenvalue weighted by Gasteiger charge is 2.14. The highest BCUT2D eigenvalue weighted by Crippen LogP contribution is 2.26. The number of hydrogen-bond donors (Lipinski definition) is 2. The number of anilines is 3. The predicted octanol–water partition coefficient (Wildman–Crippen LogP) is 4.76. The van der Waals surface area contributed by atoms with E-state index in [2.05, 4.69) is 25.8 Å². The largest absolute Gasteiger partial charge is 0.331 e. The molecule has 0 radical (unpaired) electrons. The lowest BCUT2D eigenvalue weighted by molar-refractivity contribution is 0.102. The van der Waals surface area contributed by atoms with Crippen LogP contribution in [0.1, 0.15) is 17.4 Å². The second-order valence-electron chi connectivity index (χ2n) is 4.43. The molecule has 0 saturated carbocycles. The van der Waals surface area contributed by atoms with Gasteiger partial charge in [-0.15, -0.1) is 21.5 Å². The molecule has 24 heavy (non-hydrogen) atoms. The molecule has 0 bridgehead atoms. The molecule has 0 atom stereocenters. The zero-order valence-electron chi connectivity index (χ0n) is 12.4. The Balaban J connectivity index is 1.64. The summed E-state index contributed by atoms with van der Waals surface area (Å²) in [4.78, 5) is 16.5. The predicted molar refractivity (Wildman–Crippen MR) is 101 cm³/mol. The number of hydrogen-bond acceptors (Lipinski definition) is 8. The second kappa shape index (κ2) is 7.93. The van der Waals surface area contributed by atoms with E-state index in [4.69, 9.17) is 11.6 Å². The van der Waals surface area contributed by atoms with Crippen molar-refractivity contribution < 1.29 is 4.79 Å². The molecule has 2 aromatic heterocycles. The number of nitrogens with one attached hydrogen (secondary N) is 2. The SMILES string of the molecule is CCSc1nnc(NC(=O)c2csc(Nc3cccc(Cl)c3)n2)s1. The van der Waals surface area contributed by atoms with Crippen LogP contribution >= 0.6 is 46.0 Å². The summed E-state index contributed by atoms with van der Waals surface area (Å²) in [6.07, 6.45) is 0. The van der Waals surface area contributed by atoms with Gasteiger partial charge in [0.1, 0.15) is 5.69 Å². The van der Waals surface area contributed by atoms with E-state index in [0.29, 0.717) is 21.0 Å². The average Bonchev–Trinajstić information content (AvgIpc) is 3.17. The molecule has 124 valence electrons. The van der Waals surface area contributed by atoms with Gasteiger partial charge < -0.3 is 5.32 Å². The van der Waals surface area contributed by atoms with Crippen LogP contribution in [0.4, 0.5) is 16.0 Å². The normalized spacial score (nSPS) is 10.6. The van der Waals surface area contributed by atoms with Crippen molar-refractivity contribution in [2.75, 3.05) is 16.4 Å². The molecule has 2 heterocycles. The number of benzene rings is 1. The van der Waals surface area contributed by atoms with Crippen molar-refractivity contribution in [3.05, 3.63) is 40.4 Å². The van der Waals surface area contributed by atoms with E-state index in [-0.39, 0.29) is 5.91 Å². The summed E-state index contributed by atoms with van der Waals surface area (Å²) in [6, 6.07) is 7.30. The number of thioether (sulfide) groups is 1. The zero-order chi connectivity index (χ0) is 16.9. The van der Waals surface area contributed by atoms with Gasteiger partial charge in [0, 0.05) is 16.1 Å². The van der Waals surface area contributed by atoms with E-state index >= 15 is 0 Å². The van der Waals surface area contributed by atoms with Gasteiger partial charge in [0.05, 0.1) is 0 Å². The Bertz CT molecular complexity index is 850. The molecule has 3 aromatic rings. The van der Waals surface area contributed by atoms with Crippen LogP contribution in [-0.4, -0.2) is 26.8 Å². The Kier molecular flexibility index (Phi) is 5.67. The van der Waals surface area contributed by atoms with Gasteiger partial charge in [-0.05, 0) is 24.0 Å². The Hall–Kier alpha value is -1.68. The third kappa shape index (κ3) is 4.44. The first-order chi connectivity index (χ1) is 11.6. The fourth-order valence-corrected chi connectivity index (χ4v) is 4.27. The quantitative estimate of drug-likeness (QED) is 0.461. The van der Waals surface area contributed by atoms with E-state index < -0.39 is 0 Å². The number of carbonyl (C=O) groups is 1. The summed E-state index contributed by atoms with van der Waals surface area (Å²) in [5.41, 5.74) is 1.14. The molecule has 6 nitrogen and oxygen atoms in total. The third-order valence-corrected chi connectivity index (χ3v) is 5.55. The molecule has 0 saturated heterocycles. The smallest absolute Gasteiger partial charge is 0.277 e. The summed E-state index contributed by atoms with van der Waals surface area (Å²) in [5.74, 6) is 0.599. The van der Waals surface area contributed by atoms with Gasteiger partial charge in [-0.2, -0.15) is 0 Å². The lowest BCUT2D eigenvalue weighted by atomic mass is 10.3.